The van der Waals surface area contributed by atoms with E-state index in [1.807, 2.05) is 25.1 Å². The lowest BCUT2D eigenvalue weighted by Gasteiger charge is -2.09. The number of benzene rings is 1. The molecule has 160 valence electrons. The molecule has 1 aliphatic rings. The average molecular weight is 432 g/mol. The van der Waals surface area contributed by atoms with Crippen LogP contribution in [0.5, 0.6) is 5.75 Å². The number of aryl methyl sites for hydroxylation is 3. The third kappa shape index (κ3) is 5.18. The topological polar surface area (TPSA) is 90.9 Å². The van der Waals surface area contributed by atoms with E-state index in [9.17, 15) is 14.4 Å². The first-order valence-electron chi connectivity index (χ1n) is 9.86. The number of carbonyl (C=O) groups is 3. The summed E-state index contributed by atoms with van der Waals surface area (Å²) in [6, 6.07) is 5.80. The van der Waals surface area contributed by atoms with Gasteiger partial charge in [0, 0.05) is 4.88 Å². The van der Waals surface area contributed by atoms with Crippen molar-refractivity contribution < 1.29 is 28.6 Å². The number of nitrogens with one attached hydrogen (secondary N) is 1. The van der Waals surface area contributed by atoms with Gasteiger partial charge in [0.15, 0.2) is 13.2 Å². The van der Waals surface area contributed by atoms with Gasteiger partial charge in [-0.3, -0.25) is 4.79 Å². The predicted molar refractivity (Wildman–Crippen MR) is 113 cm³/mol. The average Bonchev–Trinajstić information content (AvgIpc) is 3.28. The van der Waals surface area contributed by atoms with Gasteiger partial charge in [-0.05, 0) is 68.9 Å². The molecule has 8 heteroatoms. The Kier molecular flexibility index (Phi) is 7.10. The molecule has 0 radical (unpaired) electrons. The molecule has 7 nitrogen and oxygen atoms in total. The maximum Gasteiger partial charge on any atom is 0.344 e. The van der Waals surface area contributed by atoms with Crippen LogP contribution in [0.4, 0.5) is 5.00 Å². The smallest absolute Gasteiger partial charge is 0.344 e. The number of carbonyl (C=O) groups excluding carboxylic acids is 3. The summed E-state index contributed by atoms with van der Waals surface area (Å²) in [5.74, 6) is -1.06. The van der Waals surface area contributed by atoms with Crippen molar-refractivity contribution >= 4 is 34.2 Å². The van der Waals surface area contributed by atoms with Crippen LogP contribution in [0.3, 0.4) is 0 Å². The Hall–Kier alpha value is -2.87. The highest BCUT2D eigenvalue weighted by Gasteiger charge is 2.22. The van der Waals surface area contributed by atoms with Crippen molar-refractivity contribution in [3.05, 3.63) is 45.3 Å². The van der Waals surface area contributed by atoms with Gasteiger partial charge < -0.3 is 19.5 Å². The Morgan fingerprint density at radius 3 is 2.60 bits per heavy atom. The molecule has 1 aromatic carbocycles. The van der Waals surface area contributed by atoms with E-state index >= 15 is 0 Å². The van der Waals surface area contributed by atoms with E-state index in [-0.39, 0.29) is 13.2 Å². The standard InChI is InChI=1S/C22H25NO6S/c1-4-27-22(26)20-13(2)14(3)30-21(20)23-18(24)11-29-19(25)12-28-17-9-8-15-6-5-7-16(15)10-17/h8-10H,4-7,11-12H2,1-3H3,(H,23,24). The van der Waals surface area contributed by atoms with Gasteiger partial charge in [0.05, 0.1) is 12.2 Å². The zero-order valence-electron chi connectivity index (χ0n) is 17.3. The van der Waals surface area contributed by atoms with Crippen molar-refractivity contribution in [2.75, 3.05) is 25.1 Å². The van der Waals surface area contributed by atoms with E-state index in [0.29, 0.717) is 16.3 Å². The van der Waals surface area contributed by atoms with Gasteiger partial charge in [0.1, 0.15) is 10.8 Å². The molecular weight excluding hydrogens is 406 g/mol. The van der Waals surface area contributed by atoms with Gasteiger partial charge in [0.25, 0.3) is 5.91 Å². The second kappa shape index (κ2) is 9.75. The van der Waals surface area contributed by atoms with Crippen LogP contribution in [0.15, 0.2) is 18.2 Å². The monoisotopic (exact) mass is 431 g/mol. The zero-order valence-corrected chi connectivity index (χ0v) is 18.1. The molecule has 1 aliphatic carbocycles. The minimum Gasteiger partial charge on any atom is -0.482 e. The van der Waals surface area contributed by atoms with E-state index in [0.717, 1.165) is 29.7 Å². The summed E-state index contributed by atoms with van der Waals surface area (Å²) in [4.78, 5) is 37.2. The van der Waals surface area contributed by atoms with Gasteiger partial charge in [0.2, 0.25) is 0 Å². The number of fused-ring (bicyclic) bond motifs is 1. The summed E-state index contributed by atoms with van der Waals surface area (Å²) in [5.41, 5.74) is 3.66. The van der Waals surface area contributed by atoms with Gasteiger partial charge in [-0.15, -0.1) is 11.3 Å². The lowest BCUT2D eigenvalue weighted by molar-refractivity contribution is -0.149. The van der Waals surface area contributed by atoms with Crippen LogP contribution in [-0.4, -0.2) is 37.7 Å². The molecule has 0 fully saturated rings. The van der Waals surface area contributed by atoms with Gasteiger partial charge >= 0.3 is 11.9 Å². The zero-order chi connectivity index (χ0) is 21.7. The summed E-state index contributed by atoms with van der Waals surface area (Å²) in [5, 5.41) is 3.02. The van der Waals surface area contributed by atoms with E-state index in [4.69, 9.17) is 14.2 Å². The van der Waals surface area contributed by atoms with Gasteiger partial charge in [-0.1, -0.05) is 6.07 Å². The first-order valence-corrected chi connectivity index (χ1v) is 10.7. The summed E-state index contributed by atoms with van der Waals surface area (Å²) < 4.78 is 15.5. The lowest BCUT2D eigenvalue weighted by atomic mass is 10.1. The predicted octanol–water partition coefficient (Wildman–Crippen LogP) is 3.59. The van der Waals surface area contributed by atoms with Gasteiger partial charge in [-0.2, -0.15) is 0 Å². The summed E-state index contributed by atoms with van der Waals surface area (Å²) in [6.07, 6.45) is 3.23. The number of hydrogen-bond acceptors (Lipinski definition) is 7. The van der Waals surface area contributed by atoms with E-state index in [2.05, 4.69) is 5.32 Å². The molecular formula is C22H25NO6S. The third-order valence-corrected chi connectivity index (χ3v) is 6.03. The molecule has 0 aliphatic heterocycles. The van der Waals surface area contributed by atoms with Crippen LogP contribution < -0.4 is 10.1 Å². The Morgan fingerprint density at radius 2 is 1.83 bits per heavy atom. The molecule has 0 unspecified atom stereocenters. The molecule has 0 spiro atoms. The van der Waals surface area contributed by atoms with Crippen LogP contribution in [0.1, 0.15) is 45.3 Å². The van der Waals surface area contributed by atoms with Crippen LogP contribution >= 0.6 is 11.3 Å². The molecule has 1 N–H and O–H groups in total. The van der Waals surface area contributed by atoms with E-state index in [1.54, 1.807) is 13.8 Å². The molecule has 30 heavy (non-hydrogen) atoms. The van der Waals surface area contributed by atoms with Crippen LogP contribution in [-0.2, 0) is 31.9 Å². The molecule has 0 saturated carbocycles. The number of esters is 2. The fourth-order valence-electron chi connectivity index (χ4n) is 3.29. The molecule has 0 atom stereocenters. The number of amides is 1. The number of hydrogen-bond donors (Lipinski definition) is 1. The van der Waals surface area contributed by atoms with Crippen molar-refractivity contribution in [3.8, 4) is 5.75 Å². The molecule has 3 rings (SSSR count). The number of thiophene rings is 1. The highest BCUT2D eigenvalue weighted by atomic mass is 32.1. The Morgan fingerprint density at radius 1 is 1.07 bits per heavy atom. The fraction of sp³-hybridized carbons (Fsp3) is 0.409. The quantitative estimate of drug-likeness (QED) is 0.643. The molecule has 1 amide bonds. The molecule has 0 bridgehead atoms. The summed E-state index contributed by atoms with van der Waals surface area (Å²) >= 11 is 1.28. The normalized spacial score (nSPS) is 12.2. The lowest BCUT2D eigenvalue weighted by Crippen LogP contribution is -2.24. The number of ether oxygens (including phenoxy) is 3. The van der Waals surface area contributed by atoms with E-state index < -0.39 is 24.5 Å². The van der Waals surface area contributed by atoms with Crippen molar-refractivity contribution in [2.24, 2.45) is 0 Å². The maximum atomic E-state index is 12.2. The first-order chi connectivity index (χ1) is 14.4. The molecule has 1 aromatic heterocycles. The van der Waals surface area contributed by atoms with Crippen molar-refractivity contribution in [1.29, 1.82) is 0 Å². The Labute approximate surface area is 179 Å². The second-order valence-electron chi connectivity index (χ2n) is 6.99. The summed E-state index contributed by atoms with van der Waals surface area (Å²) in [7, 11) is 0. The van der Waals surface area contributed by atoms with Crippen molar-refractivity contribution in [3.63, 3.8) is 0 Å². The molecule has 0 saturated heterocycles. The molecule has 1 heterocycles. The van der Waals surface area contributed by atoms with Crippen LogP contribution in [0, 0.1) is 13.8 Å². The Balaban J connectivity index is 1.49. The first kappa shape index (κ1) is 21.8. The summed E-state index contributed by atoms with van der Waals surface area (Å²) in [6.45, 7) is 4.86. The largest absolute Gasteiger partial charge is 0.482 e. The number of anilines is 1. The Bertz CT molecular complexity index is 965. The minimum atomic E-state index is -0.644. The van der Waals surface area contributed by atoms with Crippen LogP contribution in [0.25, 0.3) is 0 Å². The van der Waals surface area contributed by atoms with Gasteiger partial charge in [-0.25, -0.2) is 9.59 Å². The molecule has 2 aromatic rings. The fourth-order valence-corrected chi connectivity index (χ4v) is 4.36. The highest BCUT2D eigenvalue weighted by Crippen LogP contribution is 2.33. The van der Waals surface area contributed by atoms with Crippen molar-refractivity contribution in [1.82, 2.24) is 0 Å². The SMILES string of the molecule is CCOC(=O)c1c(NC(=O)COC(=O)COc2ccc3c(c2)CCC3)sc(C)c1C. The number of rotatable bonds is 8. The van der Waals surface area contributed by atoms with Crippen LogP contribution in [0.2, 0.25) is 0 Å². The van der Waals surface area contributed by atoms with E-state index in [1.165, 1.54) is 22.5 Å². The van der Waals surface area contributed by atoms with Crippen molar-refractivity contribution in [2.45, 2.75) is 40.0 Å². The third-order valence-electron chi connectivity index (χ3n) is 4.91. The maximum absolute atomic E-state index is 12.2. The second-order valence-corrected chi connectivity index (χ2v) is 8.21. The highest BCUT2D eigenvalue weighted by molar-refractivity contribution is 7.16. The minimum absolute atomic E-state index is 0.238.